The molecular weight excluding hydrogens is 214 g/mol. The fourth-order valence-electron chi connectivity index (χ4n) is 2.75. The number of aromatic nitrogens is 1. The van der Waals surface area contributed by atoms with Gasteiger partial charge >= 0.3 is 0 Å². The molecule has 1 aromatic rings. The van der Waals surface area contributed by atoms with Crippen LogP contribution in [0.3, 0.4) is 0 Å². The van der Waals surface area contributed by atoms with E-state index in [1.165, 1.54) is 0 Å². The van der Waals surface area contributed by atoms with Crippen LogP contribution in [-0.4, -0.2) is 55.3 Å². The van der Waals surface area contributed by atoms with Crippen molar-refractivity contribution in [1.82, 2.24) is 9.88 Å². The van der Waals surface area contributed by atoms with Crippen LogP contribution >= 0.6 is 0 Å². The SMILES string of the molecule is Cc1cccc(N2C[C@@H]3OCCN(C)[C@H]3C2)n1. The van der Waals surface area contributed by atoms with Gasteiger partial charge in [-0.15, -0.1) is 0 Å². The molecule has 2 atom stereocenters. The number of aryl methyl sites for hydroxylation is 1. The van der Waals surface area contributed by atoms with Gasteiger partial charge in [0.05, 0.1) is 18.8 Å². The van der Waals surface area contributed by atoms with Crippen molar-refractivity contribution in [2.24, 2.45) is 0 Å². The number of morpholine rings is 1. The number of nitrogens with zero attached hydrogens (tertiary/aromatic N) is 3. The zero-order valence-corrected chi connectivity index (χ0v) is 10.5. The van der Waals surface area contributed by atoms with Gasteiger partial charge in [0.2, 0.25) is 0 Å². The molecule has 0 spiro atoms. The first-order chi connectivity index (χ1) is 8.24. The van der Waals surface area contributed by atoms with Crippen LogP contribution in [0.1, 0.15) is 5.69 Å². The number of hydrogen-bond donors (Lipinski definition) is 0. The van der Waals surface area contributed by atoms with Gasteiger partial charge in [-0.2, -0.15) is 0 Å². The quantitative estimate of drug-likeness (QED) is 0.721. The van der Waals surface area contributed by atoms with E-state index in [4.69, 9.17) is 4.74 Å². The standard InChI is InChI=1S/C13H19N3O/c1-10-4-3-5-13(14-10)16-8-11-12(9-16)17-7-6-15(11)2/h3-5,11-12H,6-9H2,1-2H3/t11-,12-/m0/s1. The second-order valence-corrected chi connectivity index (χ2v) is 5.00. The van der Waals surface area contributed by atoms with E-state index in [0.717, 1.165) is 37.8 Å². The van der Waals surface area contributed by atoms with Crippen LogP contribution in [0.25, 0.3) is 0 Å². The van der Waals surface area contributed by atoms with Crippen molar-refractivity contribution in [2.45, 2.75) is 19.1 Å². The van der Waals surface area contributed by atoms with E-state index in [0.29, 0.717) is 12.1 Å². The van der Waals surface area contributed by atoms with Gasteiger partial charge < -0.3 is 9.64 Å². The molecule has 0 aliphatic carbocycles. The van der Waals surface area contributed by atoms with E-state index < -0.39 is 0 Å². The van der Waals surface area contributed by atoms with Crippen LogP contribution < -0.4 is 4.90 Å². The van der Waals surface area contributed by atoms with E-state index in [2.05, 4.69) is 34.0 Å². The van der Waals surface area contributed by atoms with Gasteiger partial charge in [0.1, 0.15) is 5.82 Å². The second kappa shape index (κ2) is 4.27. The summed E-state index contributed by atoms with van der Waals surface area (Å²) in [4.78, 5) is 9.33. The first-order valence-electron chi connectivity index (χ1n) is 6.24. The van der Waals surface area contributed by atoms with Crippen molar-refractivity contribution in [1.29, 1.82) is 0 Å². The second-order valence-electron chi connectivity index (χ2n) is 5.00. The van der Waals surface area contributed by atoms with E-state index in [9.17, 15) is 0 Å². The first-order valence-corrected chi connectivity index (χ1v) is 6.24. The van der Waals surface area contributed by atoms with Crippen molar-refractivity contribution in [3.8, 4) is 0 Å². The van der Waals surface area contributed by atoms with E-state index in [1.807, 2.05) is 13.0 Å². The summed E-state index contributed by atoms with van der Waals surface area (Å²) in [6, 6.07) is 6.72. The number of pyridine rings is 1. The molecule has 3 rings (SSSR count). The molecule has 3 heterocycles. The van der Waals surface area contributed by atoms with Crippen LogP contribution in [-0.2, 0) is 4.74 Å². The monoisotopic (exact) mass is 233 g/mol. The summed E-state index contributed by atoms with van der Waals surface area (Å²) >= 11 is 0. The third-order valence-corrected chi connectivity index (χ3v) is 3.78. The summed E-state index contributed by atoms with van der Waals surface area (Å²) < 4.78 is 5.84. The molecular formula is C13H19N3O. The van der Waals surface area contributed by atoms with Crippen molar-refractivity contribution >= 4 is 5.82 Å². The highest BCUT2D eigenvalue weighted by atomic mass is 16.5. The molecule has 2 saturated heterocycles. The predicted molar refractivity (Wildman–Crippen MR) is 67.3 cm³/mol. The number of fused-ring (bicyclic) bond motifs is 1. The molecule has 0 amide bonds. The molecule has 4 nitrogen and oxygen atoms in total. The van der Waals surface area contributed by atoms with Gasteiger partial charge in [0.15, 0.2) is 0 Å². The lowest BCUT2D eigenvalue weighted by atomic mass is 10.1. The number of ether oxygens (including phenoxy) is 1. The Balaban J connectivity index is 1.79. The predicted octanol–water partition coefficient (Wildman–Crippen LogP) is 0.909. The minimum atomic E-state index is 0.344. The Labute approximate surface area is 102 Å². The lowest BCUT2D eigenvalue weighted by Crippen LogP contribution is -2.48. The zero-order chi connectivity index (χ0) is 11.8. The molecule has 92 valence electrons. The van der Waals surface area contributed by atoms with E-state index >= 15 is 0 Å². The molecule has 1 aromatic heterocycles. The molecule has 2 fully saturated rings. The summed E-state index contributed by atoms with van der Waals surface area (Å²) in [5.74, 6) is 1.08. The molecule has 17 heavy (non-hydrogen) atoms. The van der Waals surface area contributed by atoms with Gasteiger partial charge in [-0.05, 0) is 26.1 Å². The van der Waals surface area contributed by atoms with Crippen LogP contribution in [0.15, 0.2) is 18.2 Å². The lowest BCUT2D eigenvalue weighted by molar-refractivity contribution is -0.0362. The minimum absolute atomic E-state index is 0.344. The number of likely N-dealkylation sites (N-methyl/N-ethyl adjacent to an activating group) is 1. The topological polar surface area (TPSA) is 28.6 Å². The van der Waals surface area contributed by atoms with Gasteiger partial charge in [0, 0.05) is 25.3 Å². The van der Waals surface area contributed by atoms with Crippen molar-refractivity contribution in [3.05, 3.63) is 23.9 Å². The fraction of sp³-hybridized carbons (Fsp3) is 0.615. The van der Waals surface area contributed by atoms with Gasteiger partial charge in [-0.3, -0.25) is 4.90 Å². The molecule has 0 bridgehead atoms. The smallest absolute Gasteiger partial charge is 0.128 e. The van der Waals surface area contributed by atoms with Crippen LogP contribution in [0.4, 0.5) is 5.82 Å². The number of anilines is 1. The highest BCUT2D eigenvalue weighted by Crippen LogP contribution is 2.25. The van der Waals surface area contributed by atoms with E-state index in [-0.39, 0.29) is 0 Å². The fourth-order valence-corrected chi connectivity index (χ4v) is 2.75. The van der Waals surface area contributed by atoms with Crippen molar-refractivity contribution < 1.29 is 4.74 Å². The third-order valence-electron chi connectivity index (χ3n) is 3.78. The maximum atomic E-state index is 5.84. The lowest BCUT2D eigenvalue weighted by Gasteiger charge is -2.33. The molecule has 0 saturated carbocycles. The Morgan fingerprint density at radius 2 is 2.24 bits per heavy atom. The summed E-state index contributed by atoms with van der Waals surface area (Å²) in [5, 5.41) is 0. The zero-order valence-electron chi connectivity index (χ0n) is 10.5. The molecule has 2 aliphatic rings. The van der Waals surface area contributed by atoms with Crippen LogP contribution in [0.5, 0.6) is 0 Å². The summed E-state index contributed by atoms with van der Waals surface area (Å²) in [6.07, 6.45) is 0.344. The molecule has 0 N–H and O–H groups in total. The normalized spacial score (nSPS) is 29.4. The Morgan fingerprint density at radius 3 is 3.00 bits per heavy atom. The molecule has 2 aliphatic heterocycles. The summed E-state index contributed by atoms with van der Waals surface area (Å²) in [5.41, 5.74) is 1.08. The molecule has 0 aromatic carbocycles. The Kier molecular flexibility index (Phi) is 2.76. The molecule has 0 radical (unpaired) electrons. The summed E-state index contributed by atoms with van der Waals surface area (Å²) in [7, 11) is 2.19. The van der Waals surface area contributed by atoms with E-state index in [1.54, 1.807) is 0 Å². The number of hydrogen-bond acceptors (Lipinski definition) is 4. The number of rotatable bonds is 1. The Morgan fingerprint density at radius 1 is 1.35 bits per heavy atom. The van der Waals surface area contributed by atoms with Crippen molar-refractivity contribution in [2.75, 3.05) is 38.2 Å². The van der Waals surface area contributed by atoms with Crippen molar-refractivity contribution in [3.63, 3.8) is 0 Å². The largest absolute Gasteiger partial charge is 0.373 e. The highest BCUT2D eigenvalue weighted by Gasteiger charge is 2.38. The van der Waals surface area contributed by atoms with Gasteiger partial charge in [0.25, 0.3) is 0 Å². The molecule has 4 heteroatoms. The van der Waals surface area contributed by atoms with Crippen LogP contribution in [0, 0.1) is 6.92 Å². The maximum absolute atomic E-state index is 5.84. The Bertz CT molecular complexity index is 409. The first kappa shape index (κ1) is 11.0. The van der Waals surface area contributed by atoms with Gasteiger partial charge in [-0.25, -0.2) is 4.98 Å². The minimum Gasteiger partial charge on any atom is -0.373 e. The molecule has 0 unspecified atom stereocenters. The van der Waals surface area contributed by atoms with Gasteiger partial charge in [-0.1, -0.05) is 6.07 Å². The van der Waals surface area contributed by atoms with Crippen LogP contribution in [0.2, 0.25) is 0 Å². The summed E-state index contributed by atoms with van der Waals surface area (Å²) in [6.45, 7) is 5.92. The highest BCUT2D eigenvalue weighted by molar-refractivity contribution is 5.41. The average Bonchev–Trinajstić information content (AvgIpc) is 2.74. The maximum Gasteiger partial charge on any atom is 0.128 e. The third kappa shape index (κ3) is 2.03. The average molecular weight is 233 g/mol. The Hall–Kier alpha value is -1.13.